The first-order valence-electron chi connectivity index (χ1n) is 12.2. The molecule has 1 amide bonds. The minimum Gasteiger partial charge on any atom is -0.487 e. The summed E-state index contributed by atoms with van der Waals surface area (Å²) >= 11 is 0. The molecule has 2 aromatic carbocycles. The van der Waals surface area contributed by atoms with Gasteiger partial charge in [-0.25, -0.2) is 12.4 Å². The number of benzene rings is 2. The second kappa shape index (κ2) is 8.46. The molecule has 192 valence electrons. The maximum atomic E-state index is 13.9. The minimum absolute atomic E-state index is 0.0455. The predicted molar refractivity (Wildman–Crippen MR) is 134 cm³/mol. The molecule has 0 aliphatic heterocycles. The van der Waals surface area contributed by atoms with E-state index in [9.17, 15) is 18.3 Å². The lowest BCUT2D eigenvalue weighted by molar-refractivity contribution is -0.125. The van der Waals surface area contributed by atoms with E-state index in [-0.39, 0.29) is 29.4 Å². The molecule has 2 fully saturated rings. The molecule has 2 aliphatic rings. The summed E-state index contributed by atoms with van der Waals surface area (Å²) in [6, 6.07) is 15.0. The van der Waals surface area contributed by atoms with E-state index in [1.165, 1.54) is 22.4 Å². The summed E-state index contributed by atoms with van der Waals surface area (Å²) in [7, 11) is -4.01. The maximum Gasteiger partial charge on any atom is 0.268 e. The number of carbonyl (C=O) groups excluding carboxylic acids is 1. The Bertz CT molecular complexity index is 1580. The summed E-state index contributed by atoms with van der Waals surface area (Å²) in [6.45, 7) is 2.04. The van der Waals surface area contributed by atoms with Gasteiger partial charge in [-0.3, -0.25) is 4.79 Å². The van der Waals surface area contributed by atoms with Crippen LogP contribution in [0.1, 0.15) is 49.6 Å². The van der Waals surface area contributed by atoms with Gasteiger partial charge < -0.3 is 19.7 Å². The smallest absolute Gasteiger partial charge is 0.268 e. The number of fused-ring (bicyclic) bond motifs is 1. The number of aromatic nitrogens is 2. The van der Waals surface area contributed by atoms with E-state index in [1.54, 1.807) is 42.5 Å². The number of hydrogen-bond acceptors (Lipinski definition) is 7. The number of amides is 1. The van der Waals surface area contributed by atoms with Crippen molar-refractivity contribution in [1.82, 2.24) is 14.4 Å². The van der Waals surface area contributed by atoms with Crippen molar-refractivity contribution in [1.29, 1.82) is 0 Å². The van der Waals surface area contributed by atoms with Crippen LogP contribution >= 0.6 is 0 Å². The lowest BCUT2D eigenvalue weighted by Gasteiger charge is -2.17. The van der Waals surface area contributed by atoms with Crippen molar-refractivity contribution < 1.29 is 27.6 Å². The Labute approximate surface area is 214 Å². The predicted octanol–water partition coefficient (Wildman–Crippen LogP) is 3.84. The van der Waals surface area contributed by atoms with Gasteiger partial charge in [-0.2, -0.15) is 0 Å². The van der Waals surface area contributed by atoms with Crippen LogP contribution in [0.25, 0.3) is 10.9 Å². The lowest BCUT2D eigenvalue weighted by atomic mass is 10.0. The third-order valence-corrected chi connectivity index (χ3v) is 9.06. The van der Waals surface area contributed by atoms with Crippen LogP contribution in [0.15, 0.2) is 70.3 Å². The second-order valence-electron chi connectivity index (χ2n) is 10.2. The van der Waals surface area contributed by atoms with Crippen molar-refractivity contribution in [2.75, 3.05) is 0 Å². The average Bonchev–Trinajstić information content (AvgIpc) is 3.70. The number of carbonyl (C=O) groups is 1. The molecule has 0 radical (unpaired) electrons. The molecule has 2 saturated carbocycles. The summed E-state index contributed by atoms with van der Waals surface area (Å²) in [4.78, 5) is 12.8. The van der Waals surface area contributed by atoms with E-state index in [2.05, 4.69) is 10.5 Å². The lowest BCUT2D eigenvalue weighted by Crippen LogP contribution is -2.31. The Balaban J connectivity index is 1.48. The van der Waals surface area contributed by atoms with E-state index < -0.39 is 15.6 Å². The van der Waals surface area contributed by atoms with Crippen molar-refractivity contribution >= 4 is 26.8 Å². The number of rotatable bonds is 9. The van der Waals surface area contributed by atoms with Gasteiger partial charge in [0.2, 0.25) is 5.91 Å². The largest absolute Gasteiger partial charge is 0.487 e. The number of aliphatic hydroxyl groups is 1. The highest BCUT2D eigenvalue weighted by Crippen LogP contribution is 2.50. The summed E-state index contributed by atoms with van der Waals surface area (Å²) in [5, 5.41) is 18.4. The molecule has 10 heteroatoms. The van der Waals surface area contributed by atoms with Gasteiger partial charge in [0.05, 0.1) is 28.3 Å². The van der Waals surface area contributed by atoms with Crippen LogP contribution in [-0.2, 0) is 33.6 Å². The highest BCUT2D eigenvalue weighted by atomic mass is 32.2. The quantitative estimate of drug-likeness (QED) is 0.343. The van der Waals surface area contributed by atoms with Gasteiger partial charge in [0.25, 0.3) is 10.0 Å². The zero-order valence-corrected chi connectivity index (χ0v) is 21.1. The number of hydrogen-bond donors (Lipinski definition) is 2. The Morgan fingerprint density at radius 3 is 2.54 bits per heavy atom. The molecule has 0 saturated heterocycles. The third-order valence-electron chi connectivity index (χ3n) is 7.28. The molecular weight excluding hydrogens is 494 g/mol. The Kier molecular flexibility index (Phi) is 5.43. The molecule has 2 aliphatic carbocycles. The van der Waals surface area contributed by atoms with Crippen molar-refractivity contribution in [2.24, 2.45) is 5.41 Å². The van der Waals surface area contributed by atoms with Crippen LogP contribution in [0.4, 0.5) is 0 Å². The van der Waals surface area contributed by atoms with Crippen molar-refractivity contribution in [3.05, 3.63) is 77.8 Å². The topological polar surface area (TPSA) is 124 Å². The van der Waals surface area contributed by atoms with Crippen molar-refractivity contribution in [3.63, 3.8) is 0 Å². The molecule has 0 bridgehead atoms. The van der Waals surface area contributed by atoms with Crippen LogP contribution in [0.3, 0.4) is 0 Å². The molecule has 2 heterocycles. The standard InChI is InChI=1S/C27H27N3O6S/c1-26(8-9-26)25(31)28-16-20-13-18-14-22(27(32)10-11-27)24(35-17-19-7-12-36-29-19)15-23(18)30(20)37(33,34)21-5-3-2-4-6-21/h2-7,12-15,32H,8-11,16-17H2,1H3,(H,28,31). The summed E-state index contributed by atoms with van der Waals surface area (Å²) in [5.41, 5.74) is 0.562. The molecule has 2 N–H and O–H groups in total. The minimum atomic E-state index is -4.01. The first-order valence-corrected chi connectivity index (χ1v) is 13.7. The van der Waals surface area contributed by atoms with E-state index >= 15 is 0 Å². The Morgan fingerprint density at radius 1 is 1.14 bits per heavy atom. The molecule has 0 spiro atoms. The summed E-state index contributed by atoms with van der Waals surface area (Å²) in [5.74, 6) is 0.283. The molecule has 0 unspecified atom stereocenters. The van der Waals surface area contributed by atoms with Crippen LogP contribution in [0.2, 0.25) is 0 Å². The first kappa shape index (κ1) is 23.7. The Morgan fingerprint density at radius 2 is 1.89 bits per heavy atom. The monoisotopic (exact) mass is 521 g/mol. The van der Waals surface area contributed by atoms with Gasteiger partial charge in [-0.1, -0.05) is 30.3 Å². The molecule has 2 aromatic heterocycles. The first-order chi connectivity index (χ1) is 17.7. The van der Waals surface area contributed by atoms with E-state index in [1.807, 2.05) is 6.92 Å². The zero-order chi connectivity index (χ0) is 25.8. The van der Waals surface area contributed by atoms with Gasteiger partial charge in [0, 0.05) is 28.5 Å². The van der Waals surface area contributed by atoms with Crippen molar-refractivity contribution in [2.45, 2.75) is 56.3 Å². The van der Waals surface area contributed by atoms with Gasteiger partial charge in [0.15, 0.2) is 0 Å². The number of ether oxygens (including phenoxy) is 1. The molecule has 9 nitrogen and oxygen atoms in total. The Hall–Kier alpha value is -3.63. The zero-order valence-electron chi connectivity index (χ0n) is 20.3. The van der Waals surface area contributed by atoms with Gasteiger partial charge in [-0.05, 0) is 49.9 Å². The molecule has 0 atom stereocenters. The maximum absolute atomic E-state index is 13.9. The summed E-state index contributed by atoms with van der Waals surface area (Å²) < 4.78 is 39.9. The fourth-order valence-electron chi connectivity index (χ4n) is 4.51. The van der Waals surface area contributed by atoms with Gasteiger partial charge in [0.1, 0.15) is 24.3 Å². The van der Waals surface area contributed by atoms with Crippen LogP contribution in [0, 0.1) is 5.41 Å². The van der Waals surface area contributed by atoms with Crippen molar-refractivity contribution in [3.8, 4) is 5.75 Å². The van der Waals surface area contributed by atoms with Gasteiger partial charge in [-0.15, -0.1) is 0 Å². The van der Waals surface area contributed by atoms with Gasteiger partial charge >= 0.3 is 0 Å². The highest BCUT2D eigenvalue weighted by Gasteiger charge is 2.46. The van der Waals surface area contributed by atoms with E-state index in [0.29, 0.717) is 46.4 Å². The fraction of sp³-hybridized carbons (Fsp3) is 0.333. The molecular formula is C27H27N3O6S. The highest BCUT2D eigenvalue weighted by molar-refractivity contribution is 7.90. The summed E-state index contributed by atoms with van der Waals surface area (Å²) in [6.07, 6.45) is 4.25. The average molecular weight is 522 g/mol. The fourth-order valence-corrected chi connectivity index (χ4v) is 6.06. The molecule has 4 aromatic rings. The SMILES string of the molecule is CC1(C(=O)NCc2cc3cc(C4(O)CC4)c(OCc4ccon4)cc3n2S(=O)(=O)c2ccccc2)CC1. The number of nitrogens with one attached hydrogen (secondary N) is 1. The van der Waals surface area contributed by atoms with Crippen LogP contribution in [0.5, 0.6) is 5.75 Å². The van der Waals surface area contributed by atoms with E-state index in [4.69, 9.17) is 9.26 Å². The second-order valence-corrected chi connectivity index (χ2v) is 12.0. The molecule has 37 heavy (non-hydrogen) atoms. The third kappa shape index (κ3) is 4.30. The number of nitrogens with zero attached hydrogens (tertiary/aromatic N) is 2. The molecule has 6 rings (SSSR count). The van der Waals surface area contributed by atoms with Crippen LogP contribution < -0.4 is 10.1 Å². The van der Waals surface area contributed by atoms with E-state index in [0.717, 1.165) is 12.8 Å². The van der Waals surface area contributed by atoms with Crippen LogP contribution in [-0.4, -0.2) is 28.6 Å². The normalized spacial score (nSPS) is 17.5.